The molecule has 0 bridgehead atoms. The van der Waals surface area contributed by atoms with Crippen molar-refractivity contribution in [2.45, 2.75) is 23.7 Å². The van der Waals surface area contributed by atoms with Crippen molar-refractivity contribution in [3.8, 4) is 0 Å². The first-order valence-electron chi connectivity index (χ1n) is 6.32. The summed E-state index contributed by atoms with van der Waals surface area (Å²) in [5.41, 5.74) is 0. The zero-order valence-electron chi connectivity index (χ0n) is 10.9. The summed E-state index contributed by atoms with van der Waals surface area (Å²) in [6.45, 7) is 3.41. The third-order valence-corrected chi connectivity index (χ3v) is 6.72. The highest BCUT2D eigenvalue weighted by molar-refractivity contribution is 7.91. The predicted octanol–water partition coefficient (Wildman–Crippen LogP) is -0.521. The fourth-order valence-corrected chi connectivity index (χ4v) is 5.49. The summed E-state index contributed by atoms with van der Waals surface area (Å²) in [6.07, 6.45) is 0.869. The van der Waals surface area contributed by atoms with Crippen LogP contribution in [0.25, 0.3) is 0 Å². The Morgan fingerprint density at radius 3 is 3.00 bits per heavy atom. The zero-order chi connectivity index (χ0) is 14.3. The minimum absolute atomic E-state index is 0.00752. The van der Waals surface area contributed by atoms with Crippen LogP contribution in [-0.2, 0) is 14.8 Å². The molecule has 8 nitrogen and oxygen atoms in total. The molecule has 1 aromatic rings. The summed E-state index contributed by atoms with van der Waals surface area (Å²) in [5.74, 6) is 0.0823. The molecule has 110 valence electrons. The van der Waals surface area contributed by atoms with Crippen LogP contribution in [0.1, 0.15) is 13.3 Å². The maximum atomic E-state index is 12.6. The summed E-state index contributed by atoms with van der Waals surface area (Å²) < 4.78 is 26.6. The van der Waals surface area contributed by atoms with Crippen LogP contribution in [-0.4, -0.2) is 54.5 Å². The van der Waals surface area contributed by atoms with Gasteiger partial charge in [-0.15, -0.1) is 10.2 Å². The molecule has 0 aromatic carbocycles. The van der Waals surface area contributed by atoms with Crippen molar-refractivity contribution in [3.63, 3.8) is 0 Å². The molecule has 0 aliphatic carbocycles. The lowest BCUT2D eigenvalue weighted by atomic mass is 10.1. The van der Waals surface area contributed by atoms with E-state index in [4.69, 9.17) is 0 Å². The highest BCUT2D eigenvalue weighted by Crippen LogP contribution is 2.33. The first kappa shape index (κ1) is 13.9. The number of sulfonamides is 1. The molecule has 2 saturated heterocycles. The second-order valence-corrected chi connectivity index (χ2v) is 7.99. The molecule has 2 atom stereocenters. The van der Waals surface area contributed by atoms with E-state index in [0.717, 1.165) is 24.3 Å². The minimum Gasteiger partial charge on any atom is -0.315 e. The number of carbonyl (C=O) groups excluding carboxylic acids is 1. The van der Waals surface area contributed by atoms with E-state index in [-0.39, 0.29) is 21.4 Å². The molecule has 2 fully saturated rings. The Kier molecular flexibility index (Phi) is 3.48. The third-order valence-electron chi connectivity index (χ3n) is 3.61. The van der Waals surface area contributed by atoms with Gasteiger partial charge in [0, 0.05) is 26.1 Å². The van der Waals surface area contributed by atoms with Crippen molar-refractivity contribution in [1.82, 2.24) is 19.8 Å². The van der Waals surface area contributed by atoms with Gasteiger partial charge in [-0.1, -0.05) is 11.3 Å². The first-order valence-corrected chi connectivity index (χ1v) is 8.58. The quantitative estimate of drug-likeness (QED) is 0.727. The van der Waals surface area contributed by atoms with E-state index in [1.54, 1.807) is 0 Å². The highest BCUT2D eigenvalue weighted by Gasteiger charge is 2.45. The van der Waals surface area contributed by atoms with Gasteiger partial charge in [-0.25, -0.2) is 8.42 Å². The van der Waals surface area contributed by atoms with E-state index < -0.39 is 10.0 Å². The Labute approximate surface area is 120 Å². The molecule has 2 aliphatic heterocycles. The molecule has 0 radical (unpaired) electrons. The van der Waals surface area contributed by atoms with Crippen molar-refractivity contribution in [2.24, 2.45) is 5.92 Å². The molecule has 0 unspecified atom stereocenters. The van der Waals surface area contributed by atoms with E-state index in [1.165, 1.54) is 11.2 Å². The van der Waals surface area contributed by atoms with Gasteiger partial charge in [-0.3, -0.25) is 4.79 Å². The molecule has 3 heterocycles. The standard InChI is InChI=1S/C10H15N5O3S2/c1-6(16)12-9-13-14-10(19-9)20(17,18)15-3-2-7-4-11-5-8(7)15/h7-8,11H,2-5H2,1H3,(H,12,13,16)/t7-,8+/m0/s1. The Morgan fingerprint density at radius 1 is 1.45 bits per heavy atom. The zero-order valence-corrected chi connectivity index (χ0v) is 12.5. The molecule has 0 saturated carbocycles. The average Bonchev–Trinajstić information content (AvgIpc) is 3.01. The molecule has 1 amide bonds. The van der Waals surface area contributed by atoms with E-state index >= 15 is 0 Å². The van der Waals surface area contributed by atoms with Crippen LogP contribution in [0.4, 0.5) is 5.13 Å². The summed E-state index contributed by atoms with van der Waals surface area (Å²) in [5, 5.41) is 13.3. The Hall–Kier alpha value is -1.10. The smallest absolute Gasteiger partial charge is 0.272 e. The SMILES string of the molecule is CC(=O)Nc1nnc(S(=O)(=O)N2CC[C@H]3CNC[C@H]32)s1. The second-order valence-electron chi connectivity index (χ2n) is 4.94. The molecule has 2 aliphatic rings. The fourth-order valence-electron chi connectivity index (χ4n) is 2.72. The van der Waals surface area contributed by atoms with E-state index in [0.29, 0.717) is 19.0 Å². The van der Waals surface area contributed by atoms with Gasteiger partial charge in [0.15, 0.2) is 0 Å². The molecule has 10 heteroatoms. The Bertz CT molecular complexity index is 629. The van der Waals surface area contributed by atoms with E-state index in [2.05, 4.69) is 20.8 Å². The number of hydrogen-bond acceptors (Lipinski definition) is 7. The van der Waals surface area contributed by atoms with Crippen LogP contribution in [0, 0.1) is 5.92 Å². The first-order chi connectivity index (χ1) is 9.48. The summed E-state index contributed by atoms with van der Waals surface area (Å²) >= 11 is 0.885. The lowest BCUT2D eigenvalue weighted by Gasteiger charge is -2.20. The van der Waals surface area contributed by atoms with Crippen LogP contribution in [0.2, 0.25) is 0 Å². The van der Waals surface area contributed by atoms with Gasteiger partial charge in [0.2, 0.25) is 15.4 Å². The summed E-state index contributed by atoms with van der Waals surface area (Å²) in [7, 11) is -3.62. The lowest BCUT2D eigenvalue weighted by Crippen LogP contribution is -2.38. The van der Waals surface area contributed by atoms with Gasteiger partial charge in [-0.2, -0.15) is 4.31 Å². The van der Waals surface area contributed by atoms with Crippen molar-refractivity contribution in [1.29, 1.82) is 0 Å². The third kappa shape index (κ3) is 2.32. The number of aromatic nitrogens is 2. The molecule has 20 heavy (non-hydrogen) atoms. The normalized spacial score (nSPS) is 26.6. The second kappa shape index (κ2) is 5.02. The number of carbonyl (C=O) groups is 1. The van der Waals surface area contributed by atoms with Crippen LogP contribution >= 0.6 is 11.3 Å². The van der Waals surface area contributed by atoms with E-state index in [1.807, 2.05) is 0 Å². The van der Waals surface area contributed by atoms with Crippen molar-refractivity contribution in [2.75, 3.05) is 25.0 Å². The Balaban J connectivity index is 1.84. The number of rotatable bonds is 3. The average molecular weight is 317 g/mol. The Morgan fingerprint density at radius 2 is 2.25 bits per heavy atom. The monoisotopic (exact) mass is 317 g/mol. The fraction of sp³-hybridized carbons (Fsp3) is 0.700. The van der Waals surface area contributed by atoms with Gasteiger partial charge in [0.05, 0.1) is 0 Å². The number of hydrogen-bond donors (Lipinski definition) is 2. The predicted molar refractivity (Wildman–Crippen MR) is 72.9 cm³/mol. The van der Waals surface area contributed by atoms with Crippen molar-refractivity contribution < 1.29 is 13.2 Å². The van der Waals surface area contributed by atoms with Gasteiger partial charge in [0.25, 0.3) is 10.0 Å². The lowest BCUT2D eigenvalue weighted by molar-refractivity contribution is -0.114. The molecule has 2 N–H and O–H groups in total. The maximum absolute atomic E-state index is 12.6. The van der Waals surface area contributed by atoms with Gasteiger partial charge in [-0.05, 0) is 18.9 Å². The highest BCUT2D eigenvalue weighted by atomic mass is 32.2. The number of fused-ring (bicyclic) bond motifs is 1. The number of anilines is 1. The van der Waals surface area contributed by atoms with Gasteiger partial charge < -0.3 is 10.6 Å². The van der Waals surface area contributed by atoms with Crippen LogP contribution in [0.15, 0.2) is 4.34 Å². The molecule has 1 aromatic heterocycles. The molecular weight excluding hydrogens is 302 g/mol. The van der Waals surface area contributed by atoms with Crippen LogP contribution in [0.3, 0.4) is 0 Å². The molecular formula is C10H15N5O3S2. The number of nitrogens with zero attached hydrogens (tertiary/aromatic N) is 3. The largest absolute Gasteiger partial charge is 0.315 e. The van der Waals surface area contributed by atoms with Gasteiger partial charge >= 0.3 is 0 Å². The number of nitrogens with one attached hydrogen (secondary N) is 2. The van der Waals surface area contributed by atoms with Crippen molar-refractivity contribution in [3.05, 3.63) is 0 Å². The number of amides is 1. The minimum atomic E-state index is -3.62. The van der Waals surface area contributed by atoms with Crippen LogP contribution in [0.5, 0.6) is 0 Å². The summed E-state index contributed by atoms with van der Waals surface area (Å²) in [6, 6.07) is 0.00752. The van der Waals surface area contributed by atoms with Crippen LogP contribution < -0.4 is 10.6 Å². The molecule has 3 rings (SSSR count). The summed E-state index contributed by atoms with van der Waals surface area (Å²) in [4.78, 5) is 10.9. The molecule has 0 spiro atoms. The van der Waals surface area contributed by atoms with Gasteiger partial charge in [0.1, 0.15) is 0 Å². The van der Waals surface area contributed by atoms with Crippen molar-refractivity contribution >= 4 is 32.4 Å². The topological polar surface area (TPSA) is 104 Å². The van der Waals surface area contributed by atoms with E-state index in [9.17, 15) is 13.2 Å². The maximum Gasteiger partial charge on any atom is 0.272 e.